The van der Waals surface area contributed by atoms with Crippen LogP contribution in [0.3, 0.4) is 0 Å². The van der Waals surface area contributed by atoms with Crippen LogP contribution in [0.15, 0.2) is 42.5 Å². The lowest BCUT2D eigenvalue weighted by atomic mass is 9.88. The number of benzene rings is 2. The summed E-state index contributed by atoms with van der Waals surface area (Å²) in [5, 5.41) is 4.12. The number of nitrogens with zero attached hydrogens (tertiary/aromatic N) is 3. The van der Waals surface area contributed by atoms with Crippen molar-refractivity contribution in [2.24, 2.45) is 0 Å². The molecule has 0 unspecified atom stereocenters. The normalized spacial score (nSPS) is 15.4. The Morgan fingerprint density at radius 2 is 1.83 bits per heavy atom. The van der Waals surface area contributed by atoms with E-state index in [0.717, 1.165) is 72.4 Å². The summed E-state index contributed by atoms with van der Waals surface area (Å²) in [5.74, 6) is 2.18. The molecule has 0 amide bonds. The van der Waals surface area contributed by atoms with Gasteiger partial charge in [0, 0.05) is 42.3 Å². The first kappa shape index (κ1) is 19.2. The first-order valence-corrected chi connectivity index (χ1v) is 10.7. The fraction of sp³-hybridized carbons (Fsp3) is 0.304. The molecule has 2 aromatic carbocycles. The van der Waals surface area contributed by atoms with E-state index in [2.05, 4.69) is 32.3 Å². The highest BCUT2D eigenvalue weighted by molar-refractivity contribution is 6.30. The molecule has 0 radical (unpaired) electrons. The Morgan fingerprint density at radius 1 is 1.03 bits per heavy atom. The van der Waals surface area contributed by atoms with Crippen molar-refractivity contribution >= 4 is 23.4 Å². The minimum atomic E-state index is 0.332. The number of aromatic nitrogens is 2. The molecule has 3 N–H and O–H groups in total. The lowest BCUT2D eigenvalue weighted by Gasteiger charge is -2.32. The second-order valence-electron chi connectivity index (χ2n) is 7.70. The van der Waals surface area contributed by atoms with E-state index in [0.29, 0.717) is 12.6 Å². The molecule has 0 atom stereocenters. The molecule has 2 heterocycles. The van der Waals surface area contributed by atoms with Crippen LogP contribution in [0.2, 0.25) is 5.02 Å². The monoisotopic (exact) mass is 421 g/mol. The Hall–Kier alpha value is -2.83. The summed E-state index contributed by atoms with van der Waals surface area (Å²) in [6, 6.07) is 13.9. The second kappa shape index (κ2) is 8.13. The van der Waals surface area contributed by atoms with Crippen molar-refractivity contribution in [3.8, 4) is 17.0 Å². The Balaban J connectivity index is 1.42. The standard InChI is InChI=1S/C23H24ClN5O/c24-17-4-1-15(2-5-17)14-30-18-6-8-19-16(13-18)3-7-20-21(19)27-23(25)28-22(20)29-11-9-26-10-12-29/h1-2,4-6,8,13,26H,3,7,9-12,14H2,(H2,25,27,28). The van der Waals surface area contributed by atoms with Gasteiger partial charge in [0.1, 0.15) is 18.2 Å². The maximum atomic E-state index is 6.10. The fourth-order valence-electron chi connectivity index (χ4n) is 4.18. The fourth-order valence-corrected chi connectivity index (χ4v) is 4.31. The van der Waals surface area contributed by atoms with Gasteiger partial charge < -0.3 is 20.7 Å². The highest BCUT2D eigenvalue weighted by atomic mass is 35.5. The van der Waals surface area contributed by atoms with E-state index in [1.54, 1.807) is 0 Å². The molecule has 30 heavy (non-hydrogen) atoms. The van der Waals surface area contributed by atoms with Crippen LogP contribution < -0.4 is 20.7 Å². The first-order valence-electron chi connectivity index (χ1n) is 10.3. The molecule has 0 saturated carbocycles. The predicted octanol–water partition coefficient (Wildman–Crippen LogP) is 3.47. The number of fused-ring (bicyclic) bond motifs is 3. The maximum Gasteiger partial charge on any atom is 0.222 e. The summed E-state index contributed by atoms with van der Waals surface area (Å²) < 4.78 is 6.01. The number of hydrogen-bond donors (Lipinski definition) is 2. The molecule has 1 saturated heterocycles. The van der Waals surface area contributed by atoms with E-state index in [1.165, 1.54) is 11.1 Å². The maximum absolute atomic E-state index is 6.10. The number of halogens is 1. The van der Waals surface area contributed by atoms with Gasteiger partial charge in [0.05, 0.1) is 5.69 Å². The lowest BCUT2D eigenvalue weighted by Crippen LogP contribution is -2.44. The SMILES string of the molecule is Nc1nc2c(c(N3CCNCC3)n1)CCc1cc(OCc3ccc(Cl)cc3)ccc1-2. The van der Waals surface area contributed by atoms with E-state index in [4.69, 9.17) is 22.1 Å². The molecule has 1 fully saturated rings. The minimum Gasteiger partial charge on any atom is -0.489 e. The molecule has 6 nitrogen and oxygen atoms in total. The molecular formula is C23H24ClN5O. The topological polar surface area (TPSA) is 76.3 Å². The van der Waals surface area contributed by atoms with Crippen LogP contribution in [0.25, 0.3) is 11.3 Å². The van der Waals surface area contributed by atoms with E-state index in [1.807, 2.05) is 30.3 Å². The summed E-state index contributed by atoms with van der Waals surface area (Å²) in [7, 11) is 0. The van der Waals surface area contributed by atoms with Gasteiger partial charge in [-0.1, -0.05) is 23.7 Å². The third-order valence-electron chi connectivity index (χ3n) is 5.71. The van der Waals surface area contributed by atoms with E-state index >= 15 is 0 Å². The number of nitrogen functional groups attached to an aromatic ring is 1. The zero-order valence-electron chi connectivity index (χ0n) is 16.7. The third kappa shape index (κ3) is 3.80. The van der Waals surface area contributed by atoms with Crippen LogP contribution in [-0.4, -0.2) is 36.1 Å². The van der Waals surface area contributed by atoms with E-state index in [9.17, 15) is 0 Å². The molecule has 7 heteroatoms. The van der Waals surface area contributed by atoms with Gasteiger partial charge in [-0.25, -0.2) is 4.98 Å². The Bertz CT molecular complexity index is 1060. The van der Waals surface area contributed by atoms with Gasteiger partial charge in [-0.2, -0.15) is 4.98 Å². The number of rotatable bonds is 4. The van der Waals surface area contributed by atoms with Gasteiger partial charge in [0.25, 0.3) is 0 Å². The highest BCUT2D eigenvalue weighted by Crippen LogP contribution is 2.38. The van der Waals surface area contributed by atoms with Gasteiger partial charge in [-0.15, -0.1) is 0 Å². The molecule has 1 aliphatic heterocycles. The molecule has 1 aliphatic carbocycles. The van der Waals surface area contributed by atoms with Crippen molar-refractivity contribution in [1.82, 2.24) is 15.3 Å². The van der Waals surface area contributed by atoms with E-state index < -0.39 is 0 Å². The Morgan fingerprint density at radius 3 is 2.63 bits per heavy atom. The molecule has 0 bridgehead atoms. The first-order chi connectivity index (χ1) is 14.7. The molecule has 2 aliphatic rings. The summed E-state index contributed by atoms with van der Waals surface area (Å²) in [5.41, 5.74) is 11.7. The van der Waals surface area contributed by atoms with Gasteiger partial charge in [0.15, 0.2) is 0 Å². The summed E-state index contributed by atoms with van der Waals surface area (Å²) in [6.07, 6.45) is 1.84. The smallest absolute Gasteiger partial charge is 0.222 e. The lowest BCUT2D eigenvalue weighted by molar-refractivity contribution is 0.306. The number of nitrogens with one attached hydrogen (secondary N) is 1. The number of anilines is 2. The number of aryl methyl sites for hydroxylation is 1. The minimum absolute atomic E-state index is 0.332. The highest BCUT2D eigenvalue weighted by Gasteiger charge is 2.25. The average Bonchev–Trinajstić information content (AvgIpc) is 2.78. The Kier molecular flexibility index (Phi) is 5.19. The van der Waals surface area contributed by atoms with Crippen molar-refractivity contribution in [3.63, 3.8) is 0 Å². The van der Waals surface area contributed by atoms with E-state index in [-0.39, 0.29) is 0 Å². The quantitative estimate of drug-likeness (QED) is 0.671. The number of piperazine rings is 1. The number of hydrogen-bond acceptors (Lipinski definition) is 6. The van der Waals surface area contributed by atoms with Crippen LogP contribution in [-0.2, 0) is 19.4 Å². The molecule has 3 aromatic rings. The van der Waals surface area contributed by atoms with Crippen LogP contribution in [0.5, 0.6) is 5.75 Å². The van der Waals surface area contributed by atoms with Gasteiger partial charge in [-0.3, -0.25) is 0 Å². The van der Waals surface area contributed by atoms with Gasteiger partial charge in [0.2, 0.25) is 5.95 Å². The number of nitrogens with two attached hydrogens (primary N) is 1. The van der Waals surface area contributed by atoms with Crippen molar-refractivity contribution < 1.29 is 4.74 Å². The van der Waals surface area contributed by atoms with Gasteiger partial charge >= 0.3 is 0 Å². The molecule has 154 valence electrons. The van der Waals surface area contributed by atoms with Crippen molar-refractivity contribution in [2.45, 2.75) is 19.4 Å². The molecule has 0 spiro atoms. The largest absolute Gasteiger partial charge is 0.489 e. The van der Waals surface area contributed by atoms with Crippen molar-refractivity contribution in [1.29, 1.82) is 0 Å². The molecular weight excluding hydrogens is 398 g/mol. The van der Waals surface area contributed by atoms with Crippen LogP contribution in [0.4, 0.5) is 11.8 Å². The zero-order chi connectivity index (χ0) is 20.5. The summed E-state index contributed by atoms with van der Waals surface area (Å²) in [4.78, 5) is 11.5. The molecule has 5 rings (SSSR count). The predicted molar refractivity (Wildman–Crippen MR) is 120 cm³/mol. The van der Waals surface area contributed by atoms with Crippen molar-refractivity contribution in [2.75, 3.05) is 36.8 Å². The van der Waals surface area contributed by atoms with Crippen LogP contribution >= 0.6 is 11.6 Å². The summed E-state index contributed by atoms with van der Waals surface area (Å²) >= 11 is 5.96. The van der Waals surface area contributed by atoms with Gasteiger partial charge in [-0.05, 0) is 54.3 Å². The summed E-state index contributed by atoms with van der Waals surface area (Å²) in [6.45, 7) is 4.31. The third-order valence-corrected chi connectivity index (χ3v) is 5.97. The zero-order valence-corrected chi connectivity index (χ0v) is 17.5. The van der Waals surface area contributed by atoms with Crippen LogP contribution in [0.1, 0.15) is 16.7 Å². The van der Waals surface area contributed by atoms with Crippen molar-refractivity contribution in [3.05, 3.63) is 64.2 Å². The average molecular weight is 422 g/mol. The molecule has 1 aromatic heterocycles. The Labute approximate surface area is 181 Å². The van der Waals surface area contributed by atoms with Crippen LogP contribution in [0, 0.1) is 0 Å². The number of ether oxygens (including phenoxy) is 1. The second-order valence-corrected chi connectivity index (χ2v) is 8.14.